The minimum Gasteiger partial charge on any atom is -0.484 e. The van der Waals surface area contributed by atoms with Crippen molar-refractivity contribution in [1.29, 1.82) is 0 Å². The predicted octanol–water partition coefficient (Wildman–Crippen LogP) is 2.96. The van der Waals surface area contributed by atoms with Crippen LogP contribution < -0.4 is 10.1 Å². The Labute approximate surface area is 126 Å². The van der Waals surface area contributed by atoms with Crippen molar-refractivity contribution in [3.05, 3.63) is 29.8 Å². The number of ether oxygens (including phenoxy) is 1. The van der Waals surface area contributed by atoms with Crippen LogP contribution in [0.15, 0.2) is 29.4 Å². The zero-order chi connectivity index (χ0) is 15.7. The van der Waals surface area contributed by atoms with E-state index in [0.29, 0.717) is 17.9 Å². The van der Waals surface area contributed by atoms with Gasteiger partial charge in [0.05, 0.1) is 5.71 Å². The van der Waals surface area contributed by atoms with Crippen molar-refractivity contribution in [2.24, 2.45) is 5.16 Å². The van der Waals surface area contributed by atoms with Gasteiger partial charge in [-0.25, -0.2) is 0 Å². The molecule has 0 aliphatic rings. The Kier molecular flexibility index (Phi) is 7.29. The molecule has 0 atom stereocenters. The number of rotatable bonds is 8. The lowest BCUT2D eigenvalue weighted by Gasteiger charge is -2.15. The van der Waals surface area contributed by atoms with E-state index in [-0.39, 0.29) is 18.6 Å². The van der Waals surface area contributed by atoms with Crippen LogP contribution in [-0.2, 0) is 4.79 Å². The molecule has 0 unspecified atom stereocenters. The Hall–Kier alpha value is -2.04. The van der Waals surface area contributed by atoms with E-state index in [0.717, 1.165) is 18.4 Å². The van der Waals surface area contributed by atoms with Crippen LogP contribution in [0.4, 0.5) is 0 Å². The summed E-state index contributed by atoms with van der Waals surface area (Å²) in [4.78, 5) is 11.7. The third-order valence-corrected chi connectivity index (χ3v) is 3.36. The van der Waals surface area contributed by atoms with E-state index in [9.17, 15) is 4.79 Å². The van der Waals surface area contributed by atoms with Crippen molar-refractivity contribution >= 4 is 11.6 Å². The first kappa shape index (κ1) is 17.0. The predicted molar refractivity (Wildman–Crippen MR) is 83.1 cm³/mol. The lowest BCUT2D eigenvalue weighted by atomic mass is 10.1. The summed E-state index contributed by atoms with van der Waals surface area (Å²) in [6.07, 6.45) is 2.48. The number of carbonyl (C=O) groups is 1. The Morgan fingerprint density at radius 2 is 1.86 bits per heavy atom. The second-order valence-corrected chi connectivity index (χ2v) is 4.79. The van der Waals surface area contributed by atoms with Gasteiger partial charge >= 0.3 is 0 Å². The lowest BCUT2D eigenvalue weighted by molar-refractivity contribution is -0.123. The molecule has 116 valence electrons. The zero-order valence-electron chi connectivity index (χ0n) is 12.9. The number of oxime groups is 1. The molecule has 0 fully saturated rings. The molecule has 5 nitrogen and oxygen atoms in total. The molecule has 0 saturated heterocycles. The van der Waals surface area contributed by atoms with Crippen LogP contribution in [0, 0.1) is 0 Å². The van der Waals surface area contributed by atoms with Gasteiger partial charge in [0.15, 0.2) is 6.61 Å². The van der Waals surface area contributed by atoms with Gasteiger partial charge in [0.25, 0.3) is 5.91 Å². The summed E-state index contributed by atoms with van der Waals surface area (Å²) < 4.78 is 5.45. The van der Waals surface area contributed by atoms with Crippen LogP contribution in [0.2, 0.25) is 0 Å². The van der Waals surface area contributed by atoms with Crippen molar-refractivity contribution in [2.75, 3.05) is 6.61 Å². The average Bonchev–Trinajstić information content (AvgIpc) is 2.53. The maximum atomic E-state index is 11.7. The molecule has 0 aliphatic heterocycles. The minimum absolute atomic E-state index is 0.00453. The van der Waals surface area contributed by atoms with E-state index in [1.54, 1.807) is 12.1 Å². The molecule has 0 aliphatic carbocycles. The largest absolute Gasteiger partial charge is 0.484 e. The number of hydrogen-bond donors (Lipinski definition) is 2. The van der Waals surface area contributed by atoms with Crippen LogP contribution in [0.3, 0.4) is 0 Å². The summed E-state index contributed by atoms with van der Waals surface area (Å²) in [6.45, 7) is 6.01. The van der Waals surface area contributed by atoms with Gasteiger partial charge in [-0.2, -0.15) is 0 Å². The number of amides is 1. The van der Waals surface area contributed by atoms with Crippen LogP contribution in [0.5, 0.6) is 5.75 Å². The summed E-state index contributed by atoms with van der Waals surface area (Å²) in [5, 5.41) is 15.0. The summed E-state index contributed by atoms with van der Waals surface area (Å²) in [5.41, 5.74) is 1.46. The van der Waals surface area contributed by atoms with Crippen LogP contribution >= 0.6 is 0 Å². The van der Waals surface area contributed by atoms with E-state index in [2.05, 4.69) is 10.5 Å². The monoisotopic (exact) mass is 292 g/mol. The molecule has 1 aromatic carbocycles. The Bertz CT molecular complexity index is 465. The van der Waals surface area contributed by atoms with Crippen LogP contribution in [-0.4, -0.2) is 29.5 Å². The summed E-state index contributed by atoms with van der Waals surface area (Å²) in [6, 6.07) is 7.36. The van der Waals surface area contributed by atoms with E-state index >= 15 is 0 Å². The van der Waals surface area contributed by atoms with Gasteiger partial charge in [-0.15, -0.1) is 0 Å². The highest BCUT2D eigenvalue weighted by molar-refractivity contribution is 6.00. The molecule has 0 bridgehead atoms. The second kappa shape index (κ2) is 9.00. The molecular formula is C16H24N2O3. The maximum absolute atomic E-state index is 11.7. The Morgan fingerprint density at radius 3 is 2.33 bits per heavy atom. The number of benzene rings is 1. The molecule has 0 spiro atoms. The zero-order valence-corrected chi connectivity index (χ0v) is 12.9. The quantitative estimate of drug-likeness (QED) is 0.439. The number of nitrogens with one attached hydrogen (secondary N) is 1. The fraction of sp³-hybridized carbons (Fsp3) is 0.500. The smallest absolute Gasteiger partial charge is 0.258 e. The minimum atomic E-state index is -0.112. The topological polar surface area (TPSA) is 70.9 Å². The van der Waals surface area contributed by atoms with Gasteiger partial charge in [-0.3, -0.25) is 4.79 Å². The van der Waals surface area contributed by atoms with Crippen molar-refractivity contribution in [3.8, 4) is 5.75 Å². The third-order valence-electron chi connectivity index (χ3n) is 3.36. The SMILES string of the molecule is CCC(=NO)c1ccc(OCC(=O)NC(CC)CC)cc1. The van der Waals surface area contributed by atoms with Crippen molar-refractivity contribution in [2.45, 2.75) is 46.1 Å². The highest BCUT2D eigenvalue weighted by Crippen LogP contribution is 2.14. The molecule has 0 heterocycles. The van der Waals surface area contributed by atoms with Crippen molar-refractivity contribution in [3.63, 3.8) is 0 Å². The fourth-order valence-corrected chi connectivity index (χ4v) is 1.99. The maximum Gasteiger partial charge on any atom is 0.258 e. The molecule has 0 aromatic heterocycles. The van der Waals surface area contributed by atoms with Gasteiger partial charge in [-0.05, 0) is 49.1 Å². The average molecular weight is 292 g/mol. The van der Waals surface area contributed by atoms with E-state index in [1.807, 2.05) is 32.9 Å². The molecular weight excluding hydrogens is 268 g/mol. The molecule has 1 rings (SSSR count). The van der Waals surface area contributed by atoms with Gasteiger partial charge in [0.1, 0.15) is 5.75 Å². The highest BCUT2D eigenvalue weighted by atomic mass is 16.5. The molecule has 1 aromatic rings. The van der Waals surface area contributed by atoms with E-state index in [4.69, 9.17) is 9.94 Å². The first-order valence-electron chi connectivity index (χ1n) is 7.38. The van der Waals surface area contributed by atoms with Gasteiger partial charge < -0.3 is 15.3 Å². The van der Waals surface area contributed by atoms with Crippen molar-refractivity contribution in [1.82, 2.24) is 5.32 Å². The molecule has 5 heteroatoms. The first-order chi connectivity index (χ1) is 10.1. The molecule has 1 amide bonds. The summed E-state index contributed by atoms with van der Waals surface area (Å²) >= 11 is 0. The van der Waals surface area contributed by atoms with Gasteiger partial charge in [-0.1, -0.05) is 25.9 Å². The summed E-state index contributed by atoms with van der Waals surface area (Å²) in [5.74, 6) is 0.505. The standard InChI is InChI=1S/C16H24N2O3/c1-4-13(5-2)17-16(19)11-21-14-9-7-12(8-10-14)15(6-3)18-20/h7-10,13,20H,4-6,11H2,1-3H3,(H,17,19). The van der Waals surface area contributed by atoms with E-state index in [1.165, 1.54) is 0 Å². The number of hydrogen-bond acceptors (Lipinski definition) is 4. The normalized spacial score (nSPS) is 11.5. The first-order valence-corrected chi connectivity index (χ1v) is 7.38. The number of nitrogens with zero attached hydrogens (tertiary/aromatic N) is 1. The van der Waals surface area contributed by atoms with Crippen LogP contribution in [0.25, 0.3) is 0 Å². The molecule has 0 radical (unpaired) electrons. The molecule has 0 saturated carbocycles. The van der Waals surface area contributed by atoms with Gasteiger partial charge in [0.2, 0.25) is 0 Å². The third kappa shape index (κ3) is 5.45. The highest BCUT2D eigenvalue weighted by Gasteiger charge is 2.09. The Morgan fingerprint density at radius 1 is 1.24 bits per heavy atom. The number of carbonyl (C=O) groups excluding carboxylic acids is 1. The van der Waals surface area contributed by atoms with Crippen LogP contribution in [0.1, 0.15) is 45.6 Å². The molecule has 2 N–H and O–H groups in total. The Balaban J connectivity index is 2.51. The summed E-state index contributed by atoms with van der Waals surface area (Å²) in [7, 11) is 0. The van der Waals surface area contributed by atoms with E-state index < -0.39 is 0 Å². The fourth-order valence-electron chi connectivity index (χ4n) is 1.99. The van der Waals surface area contributed by atoms with Gasteiger partial charge in [0, 0.05) is 6.04 Å². The lowest BCUT2D eigenvalue weighted by Crippen LogP contribution is -2.37. The molecule has 21 heavy (non-hydrogen) atoms. The van der Waals surface area contributed by atoms with Crippen molar-refractivity contribution < 1.29 is 14.7 Å². The second-order valence-electron chi connectivity index (χ2n) is 4.79.